The van der Waals surface area contributed by atoms with Crippen LogP contribution in [0.25, 0.3) is 22.2 Å². The van der Waals surface area contributed by atoms with E-state index in [4.69, 9.17) is 5.73 Å². The first kappa shape index (κ1) is 13.9. The van der Waals surface area contributed by atoms with Crippen molar-refractivity contribution in [3.8, 4) is 11.3 Å². The Morgan fingerprint density at radius 3 is 2.73 bits per heavy atom. The molecule has 0 unspecified atom stereocenters. The van der Waals surface area contributed by atoms with Crippen LogP contribution >= 0.6 is 0 Å². The molecule has 22 heavy (non-hydrogen) atoms. The summed E-state index contributed by atoms with van der Waals surface area (Å²) in [6.45, 7) is 0. The first-order valence-corrected chi connectivity index (χ1v) is 6.67. The summed E-state index contributed by atoms with van der Waals surface area (Å²) in [5, 5.41) is 8.16. The fraction of sp³-hybridized carbons (Fsp3) is 0.0625. The summed E-state index contributed by atoms with van der Waals surface area (Å²) in [4.78, 5) is 7.82. The van der Waals surface area contributed by atoms with Gasteiger partial charge in [0.2, 0.25) is 0 Å². The molecule has 2 aromatic carbocycles. The quantitative estimate of drug-likeness (QED) is 0.575. The minimum Gasteiger partial charge on any atom is -0.383 e. The van der Waals surface area contributed by atoms with Crippen LogP contribution in [0.1, 0.15) is 5.56 Å². The molecular weight excluding hydrogens is 281 g/mol. The van der Waals surface area contributed by atoms with E-state index in [-0.39, 0.29) is 5.82 Å². The van der Waals surface area contributed by atoms with Crippen molar-refractivity contribution in [1.29, 1.82) is 0 Å². The average molecular weight is 295 g/mol. The highest BCUT2D eigenvalue weighted by molar-refractivity contribution is 6.05. The molecule has 0 aliphatic carbocycles. The Balaban J connectivity index is 2.11. The molecule has 0 amide bonds. The van der Waals surface area contributed by atoms with Gasteiger partial charge in [0.05, 0.1) is 11.2 Å². The number of aromatic nitrogens is 2. The molecule has 5 nitrogen and oxygen atoms in total. The van der Waals surface area contributed by atoms with E-state index in [1.807, 2.05) is 18.2 Å². The van der Waals surface area contributed by atoms with Crippen LogP contribution in [-0.4, -0.2) is 29.4 Å². The van der Waals surface area contributed by atoms with Gasteiger partial charge in [-0.1, -0.05) is 0 Å². The molecular formula is C16H14FN5. The maximum absolute atomic E-state index is 13.1. The lowest BCUT2D eigenvalue weighted by Gasteiger charge is -2.01. The minimum atomic E-state index is -0.278. The Bertz CT molecular complexity index is 862. The standard InChI is InChI=1S/C16H14FN5/c1-19-9-20-16(18)11-4-7-14-13(8-11)15(22-21-14)10-2-5-12(17)6-3-10/h2-9H,1H3,(H,21,22)(H2,18,19,20). The highest BCUT2D eigenvalue weighted by Crippen LogP contribution is 2.27. The largest absolute Gasteiger partial charge is 0.383 e. The molecule has 0 aliphatic rings. The van der Waals surface area contributed by atoms with Crippen LogP contribution in [0.3, 0.4) is 0 Å². The Hall–Kier alpha value is -3.02. The molecule has 6 heteroatoms. The Kier molecular flexibility index (Phi) is 3.65. The van der Waals surface area contributed by atoms with E-state index < -0.39 is 0 Å². The van der Waals surface area contributed by atoms with E-state index in [9.17, 15) is 4.39 Å². The molecule has 3 aromatic rings. The van der Waals surface area contributed by atoms with E-state index in [0.717, 1.165) is 27.7 Å². The summed E-state index contributed by atoms with van der Waals surface area (Å²) in [6.07, 6.45) is 1.40. The van der Waals surface area contributed by atoms with Crippen LogP contribution < -0.4 is 5.73 Å². The van der Waals surface area contributed by atoms with Gasteiger partial charge in [-0.15, -0.1) is 0 Å². The van der Waals surface area contributed by atoms with Crippen molar-refractivity contribution in [2.45, 2.75) is 0 Å². The van der Waals surface area contributed by atoms with Crippen molar-refractivity contribution in [2.75, 3.05) is 7.05 Å². The van der Waals surface area contributed by atoms with Gasteiger partial charge in [0, 0.05) is 23.6 Å². The smallest absolute Gasteiger partial charge is 0.132 e. The van der Waals surface area contributed by atoms with Gasteiger partial charge in [-0.05, 0) is 42.5 Å². The van der Waals surface area contributed by atoms with Crippen molar-refractivity contribution in [2.24, 2.45) is 15.7 Å². The maximum Gasteiger partial charge on any atom is 0.132 e. The Morgan fingerprint density at radius 2 is 2.00 bits per heavy atom. The minimum absolute atomic E-state index is 0.278. The zero-order valence-corrected chi connectivity index (χ0v) is 11.9. The van der Waals surface area contributed by atoms with Crippen LogP contribution in [0.4, 0.5) is 4.39 Å². The van der Waals surface area contributed by atoms with Gasteiger partial charge in [-0.25, -0.2) is 9.38 Å². The average Bonchev–Trinajstić information content (AvgIpc) is 2.96. The summed E-state index contributed by atoms with van der Waals surface area (Å²) in [7, 11) is 1.63. The first-order chi connectivity index (χ1) is 10.7. The second-order valence-corrected chi connectivity index (χ2v) is 4.73. The number of aliphatic imine (C=N–C) groups is 2. The zero-order valence-electron chi connectivity index (χ0n) is 11.9. The number of aromatic amines is 1. The summed E-state index contributed by atoms with van der Waals surface area (Å²) < 4.78 is 13.1. The molecule has 110 valence electrons. The number of nitrogens with one attached hydrogen (secondary N) is 1. The third-order valence-electron chi connectivity index (χ3n) is 3.29. The van der Waals surface area contributed by atoms with Gasteiger partial charge in [0.15, 0.2) is 0 Å². The van der Waals surface area contributed by atoms with Gasteiger partial charge in [0.1, 0.15) is 18.0 Å². The number of amidine groups is 1. The Morgan fingerprint density at radius 1 is 1.23 bits per heavy atom. The molecule has 0 saturated carbocycles. The van der Waals surface area contributed by atoms with Crippen molar-refractivity contribution in [3.05, 3.63) is 53.8 Å². The van der Waals surface area contributed by atoms with E-state index in [1.54, 1.807) is 19.2 Å². The predicted molar refractivity (Wildman–Crippen MR) is 86.6 cm³/mol. The van der Waals surface area contributed by atoms with Crippen LogP contribution in [0.2, 0.25) is 0 Å². The number of benzene rings is 2. The monoisotopic (exact) mass is 295 g/mol. The fourth-order valence-corrected chi connectivity index (χ4v) is 2.20. The van der Waals surface area contributed by atoms with E-state index in [0.29, 0.717) is 5.84 Å². The lowest BCUT2D eigenvalue weighted by molar-refractivity contribution is 0.628. The number of H-pyrrole nitrogens is 1. The summed E-state index contributed by atoms with van der Waals surface area (Å²) in [5.41, 5.74) is 9.15. The molecule has 1 aromatic heterocycles. The van der Waals surface area contributed by atoms with E-state index >= 15 is 0 Å². The number of nitrogens with zero attached hydrogens (tertiary/aromatic N) is 3. The molecule has 0 saturated heterocycles. The fourth-order valence-electron chi connectivity index (χ4n) is 2.20. The zero-order chi connectivity index (χ0) is 15.5. The number of halogens is 1. The highest BCUT2D eigenvalue weighted by Gasteiger charge is 2.10. The van der Waals surface area contributed by atoms with Gasteiger partial charge in [0.25, 0.3) is 0 Å². The van der Waals surface area contributed by atoms with Crippen LogP contribution in [-0.2, 0) is 0 Å². The van der Waals surface area contributed by atoms with E-state index in [2.05, 4.69) is 20.2 Å². The van der Waals surface area contributed by atoms with Gasteiger partial charge in [-0.2, -0.15) is 5.10 Å². The topological polar surface area (TPSA) is 79.4 Å². The number of nitrogens with two attached hydrogens (primary N) is 1. The molecule has 0 atom stereocenters. The van der Waals surface area contributed by atoms with Gasteiger partial charge < -0.3 is 5.73 Å². The lowest BCUT2D eigenvalue weighted by atomic mass is 10.1. The molecule has 0 radical (unpaired) electrons. The number of hydrogen-bond donors (Lipinski definition) is 2. The third kappa shape index (κ3) is 2.58. The predicted octanol–water partition coefficient (Wildman–Crippen LogP) is 2.73. The lowest BCUT2D eigenvalue weighted by Crippen LogP contribution is -2.13. The normalized spacial score (nSPS) is 12.4. The van der Waals surface area contributed by atoms with E-state index in [1.165, 1.54) is 18.5 Å². The van der Waals surface area contributed by atoms with Crippen molar-refractivity contribution in [3.63, 3.8) is 0 Å². The summed E-state index contributed by atoms with van der Waals surface area (Å²) in [5.74, 6) is 0.0956. The van der Waals surface area contributed by atoms with Crippen molar-refractivity contribution < 1.29 is 4.39 Å². The number of rotatable bonds is 3. The molecule has 0 fully saturated rings. The summed E-state index contributed by atoms with van der Waals surface area (Å²) in [6, 6.07) is 11.9. The first-order valence-electron chi connectivity index (χ1n) is 6.67. The molecule has 3 rings (SSSR count). The van der Waals surface area contributed by atoms with Gasteiger partial charge >= 0.3 is 0 Å². The molecule has 0 aliphatic heterocycles. The van der Waals surface area contributed by atoms with Crippen LogP contribution in [0.5, 0.6) is 0 Å². The van der Waals surface area contributed by atoms with Crippen LogP contribution in [0.15, 0.2) is 52.4 Å². The highest BCUT2D eigenvalue weighted by atomic mass is 19.1. The van der Waals surface area contributed by atoms with Crippen molar-refractivity contribution in [1.82, 2.24) is 10.2 Å². The maximum atomic E-state index is 13.1. The van der Waals surface area contributed by atoms with Crippen LogP contribution in [0, 0.1) is 5.82 Å². The second-order valence-electron chi connectivity index (χ2n) is 4.73. The molecule has 1 heterocycles. The van der Waals surface area contributed by atoms with Crippen molar-refractivity contribution >= 4 is 23.1 Å². The molecule has 3 N–H and O–H groups in total. The Labute approximate surface area is 126 Å². The molecule has 0 spiro atoms. The molecule has 0 bridgehead atoms. The van der Waals surface area contributed by atoms with Gasteiger partial charge in [-0.3, -0.25) is 10.1 Å². The third-order valence-corrected chi connectivity index (χ3v) is 3.29. The number of fused-ring (bicyclic) bond motifs is 1. The SMILES string of the molecule is CN=CN=C(N)c1ccc2[nH]nc(-c3ccc(F)cc3)c2c1. The second kappa shape index (κ2) is 5.77. The number of hydrogen-bond acceptors (Lipinski definition) is 2. The summed E-state index contributed by atoms with van der Waals surface area (Å²) >= 11 is 0.